The van der Waals surface area contributed by atoms with E-state index in [9.17, 15) is 0 Å². The van der Waals surface area contributed by atoms with Crippen LogP contribution in [0.5, 0.6) is 0 Å². The van der Waals surface area contributed by atoms with Crippen LogP contribution in [-0.2, 0) is 0 Å². The van der Waals surface area contributed by atoms with Crippen LogP contribution in [0.4, 0.5) is 0 Å². The third-order valence-corrected chi connectivity index (χ3v) is 2.54. The molecule has 0 aliphatic heterocycles. The molecule has 0 fully saturated rings. The van der Waals surface area contributed by atoms with E-state index in [1.54, 1.807) is 11.3 Å². The van der Waals surface area contributed by atoms with Crippen molar-refractivity contribution in [3.05, 3.63) is 22.4 Å². The van der Waals surface area contributed by atoms with Crippen molar-refractivity contribution in [1.29, 1.82) is 0 Å². The molecule has 2 N–H and O–H groups in total. The summed E-state index contributed by atoms with van der Waals surface area (Å²) < 4.78 is 0. The lowest BCUT2D eigenvalue weighted by Crippen LogP contribution is -2.08. The van der Waals surface area contributed by atoms with Gasteiger partial charge in [0.15, 0.2) is 0 Å². The minimum Gasteiger partial charge on any atom is -0.324 e. The lowest BCUT2D eigenvalue weighted by molar-refractivity contribution is 0.605. The molecular formula is C9H15NS. The summed E-state index contributed by atoms with van der Waals surface area (Å²) in [4.78, 5) is 0. The molecule has 11 heavy (non-hydrogen) atoms. The number of hydrogen-bond donors (Lipinski definition) is 1. The van der Waals surface area contributed by atoms with Gasteiger partial charge in [0.2, 0.25) is 0 Å². The van der Waals surface area contributed by atoms with Gasteiger partial charge in [0.25, 0.3) is 0 Å². The van der Waals surface area contributed by atoms with Gasteiger partial charge in [-0.15, -0.1) is 0 Å². The maximum absolute atomic E-state index is 5.93. The van der Waals surface area contributed by atoms with Crippen molar-refractivity contribution in [2.45, 2.75) is 32.2 Å². The predicted molar refractivity (Wildman–Crippen MR) is 50.8 cm³/mol. The lowest BCUT2D eigenvalue weighted by atomic mass is 10.1. The standard InChI is InChI=1S/C9H15NS/c1-2-3-4-9(10)8-5-6-11-7-8/h5-7,9H,2-4,10H2,1H3. The number of hydrogen-bond acceptors (Lipinski definition) is 2. The Kier molecular flexibility index (Phi) is 3.60. The Hall–Kier alpha value is -0.340. The van der Waals surface area contributed by atoms with Gasteiger partial charge in [-0.3, -0.25) is 0 Å². The SMILES string of the molecule is CCCCC(N)c1ccsc1. The van der Waals surface area contributed by atoms with Gasteiger partial charge in [0.1, 0.15) is 0 Å². The molecule has 0 aliphatic carbocycles. The molecule has 1 aromatic heterocycles. The molecular weight excluding hydrogens is 154 g/mol. The van der Waals surface area contributed by atoms with Crippen LogP contribution < -0.4 is 5.73 Å². The molecule has 0 aromatic carbocycles. The van der Waals surface area contributed by atoms with E-state index >= 15 is 0 Å². The second-order valence-electron chi connectivity index (χ2n) is 2.81. The lowest BCUT2D eigenvalue weighted by Gasteiger charge is -2.07. The quantitative estimate of drug-likeness (QED) is 0.736. The van der Waals surface area contributed by atoms with E-state index in [2.05, 4.69) is 23.8 Å². The summed E-state index contributed by atoms with van der Waals surface area (Å²) in [7, 11) is 0. The largest absolute Gasteiger partial charge is 0.324 e. The summed E-state index contributed by atoms with van der Waals surface area (Å²) in [6.07, 6.45) is 3.59. The van der Waals surface area contributed by atoms with Crippen LogP contribution in [0, 0.1) is 0 Å². The zero-order chi connectivity index (χ0) is 8.10. The van der Waals surface area contributed by atoms with E-state index < -0.39 is 0 Å². The Labute approximate surface area is 72.2 Å². The number of thiophene rings is 1. The van der Waals surface area contributed by atoms with Gasteiger partial charge in [-0.05, 0) is 28.8 Å². The van der Waals surface area contributed by atoms with Crippen LogP contribution >= 0.6 is 11.3 Å². The third-order valence-electron chi connectivity index (χ3n) is 1.84. The zero-order valence-electron chi connectivity index (χ0n) is 6.92. The molecule has 1 heterocycles. The van der Waals surface area contributed by atoms with Crippen LogP contribution in [0.1, 0.15) is 37.8 Å². The first-order valence-corrected chi connectivity index (χ1v) is 5.06. The molecule has 0 saturated carbocycles. The number of unbranched alkanes of at least 4 members (excludes halogenated alkanes) is 1. The molecule has 0 saturated heterocycles. The highest BCUT2D eigenvalue weighted by Gasteiger charge is 2.03. The fourth-order valence-corrected chi connectivity index (χ4v) is 1.80. The molecule has 1 atom stereocenters. The molecule has 62 valence electrons. The maximum atomic E-state index is 5.93. The Morgan fingerprint density at radius 1 is 1.64 bits per heavy atom. The smallest absolute Gasteiger partial charge is 0.0303 e. The van der Waals surface area contributed by atoms with Gasteiger partial charge in [-0.2, -0.15) is 11.3 Å². The maximum Gasteiger partial charge on any atom is 0.0303 e. The van der Waals surface area contributed by atoms with E-state index in [4.69, 9.17) is 5.73 Å². The van der Waals surface area contributed by atoms with Crippen LogP contribution in [0.25, 0.3) is 0 Å². The summed E-state index contributed by atoms with van der Waals surface area (Å²) in [5.74, 6) is 0. The van der Waals surface area contributed by atoms with Crippen molar-refractivity contribution in [2.75, 3.05) is 0 Å². The van der Waals surface area contributed by atoms with E-state index in [1.165, 1.54) is 18.4 Å². The van der Waals surface area contributed by atoms with E-state index in [-0.39, 0.29) is 6.04 Å². The Morgan fingerprint density at radius 2 is 2.45 bits per heavy atom. The monoisotopic (exact) mass is 169 g/mol. The Bertz CT molecular complexity index is 181. The topological polar surface area (TPSA) is 26.0 Å². The number of nitrogens with two attached hydrogens (primary N) is 1. The van der Waals surface area contributed by atoms with Gasteiger partial charge in [0.05, 0.1) is 0 Å². The fourth-order valence-electron chi connectivity index (χ4n) is 1.08. The first kappa shape index (κ1) is 8.75. The van der Waals surface area contributed by atoms with Gasteiger partial charge in [-0.1, -0.05) is 19.8 Å². The van der Waals surface area contributed by atoms with Crippen molar-refractivity contribution in [2.24, 2.45) is 5.73 Å². The molecule has 1 aromatic rings. The summed E-state index contributed by atoms with van der Waals surface area (Å²) in [6, 6.07) is 2.38. The van der Waals surface area contributed by atoms with Gasteiger partial charge in [-0.25, -0.2) is 0 Å². The highest BCUT2D eigenvalue weighted by atomic mass is 32.1. The van der Waals surface area contributed by atoms with Crippen molar-refractivity contribution < 1.29 is 0 Å². The van der Waals surface area contributed by atoms with Crippen molar-refractivity contribution in [3.63, 3.8) is 0 Å². The summed E-state index contributed by atoms with van der Waals surface area (Å²) in [5.41, 5.74) is 7.23. The Morgan fingerprint density at radius 3 is 3.00 bits per heavy atom. The first-order valence-electron chi connectivity index (χ1n) is 4.12. The minimum absolute atomic E-state index is 0.265. The molecule has 1 unspecified atom stereocenters. The fraction of sp³-hybridized carbons (Fsp3) is 0.556. The van der Waals surface area contributed by atoms with Gasteiger partial charge in [0, 0.05) is 6.04 Å². The molecule has 0 spiro atoms. The Balaban J connectivity index is 2.36. The first-order chi connectivity index (χ1) is 5.34. The van der Waals surface area contributed by atoms with Crippen LogP contribution in [0.2, 0.25) is 0 Å². The van der Waals surface area contributed by atoms with Gasteiger partial charge >= 0.3 is 0 Å². The van der Waals surface area contributed by atoms with Crippen LogP contribution in [-0.4, -0.2) is 0 Å². The second kappa shape index (κ2) is 4.52. The predicted octanol–water partition coefficient (Wildman–Crippen LogP) is 2.94. The molecule has 2 heteroatoms. The summed E-state index contributed by atoms with van der Waals surface area (Å²) in [6.45, 7) is 2.19. The normalized spacial score (nSPS) is 13.3. The van der Waals surface area contributed by atoms with Gasteiger partial charge < -0.3 is 5.73 Å². The highest BCUT2D eigenvalue weighted by Crippen LogP contribution is 2.18. The average Bonchev–Trinajstić information content (AvgIpc) is 2.52. The van der Waals surface area contributed by atoms with Crippen LogP contribution in [0.15, 0.2) is 16.8 Å². The molecule has 0 radical (unpaired) electrons. The van der Waals surface area contributed by atoms with Crippen LogP contribution in [0.3, 0.4) is 0 Å². The summed E-state index contributed by atoms with van der Waals surface area (Å²) >= 11 is 1.72. The molecule has 0 amide bonds. The minimum atomic E-state index is 0.265. The molecule has 0 bridgehead atoms. The molecule has 1 rings (SSSR count). The molecule has 0 aliphatic rings. The molecule has 1 nitrogen and oxygen atoms in total. The van der Waals surface area contributed by atoms with Crippen molar-refractivity contribution in [3.8, 4) is 0 Å². The average molecular weight is 169 g/mol. The van der Waals surface area contributed by atoms with E-state index in [0.717, 1.165) is 6.42 Å². The van der Waals surface area contributed by atoms with E-state index in [1.807, 2.05) is 0 Å². The van der Waals surface area contributed by atoms with Crippen molar-refractivity contribution in [1.82, 2.24) is 0 Å². The summed E-state index contributed by atoms with van der Waals surface area (Å²) in [5, 5.41) is 4.22. The van der Waals surface area contributed by atoms with E-state index in [0.29, 0.717) is 0 Å². The highest BCUT2D eigenvalue weighted by molar-refractivity contribution is 7.07. The second-order valence-corrected chi connectivity index (χ2v) is 3.59. The van der Waals surface area contributed by atoms with Crippen molar-refractivity contribution >= 4 is 11.3 Å². The number of rotatable bonds is 4. The zero-order valence-corrected chi connectivity index (χ0v) is 7.73. The third kappa shape index (κ3) is 2.64.